The first kappa shape index (κ1) is 25.1. The SMILES string of the molecule is O=CC12OCCOCCOCCOCCOCCOC13CCCCCCCCCCC23. The number of rotatable bonds is 1. The molecule has 3 fully saturated rings. The van der Waals surface area contributed by atoms with E-state index in [-0.39, 0.29) is 5.92 Å². The van der Waals surface area contributed by atoms with Crippen molar-refractivity contribution in [1.29, 1.82) is 0 Å². The number of hydrogen-bond acceptors (Lipinski definition) is 7. The Morgan fingerprint density at radius 1 is 0.548 bits per heavy atom. The summed E-state index contributed by atoms with van der Waals surface area (Å²) in [6, 6.07) is 0. The van der Waals surface area contributed by atoms with Gasteiger partial charge in [0.05, 0.1) is 66.1 Å². The van der Waals surface area contributed by atoms with Crippen LogP contribution in [0, 0.1) is 5.92 Å². The molecule has 2 saturated carbocycles. The van der Waals surface area contributed by atoms with Crippen molar-refractivity contribution in [2.24, 2.45) is 5.92 Å². The molecule has 2 aliphatic carbocycles. The minimum atomic E-state index is -0.852. The van der Waals surface area contributed by atoms with Crippen molar-refractivity contribution < 1.29 is 33.2 Å². The number of ether oxygens (including phenoxy) is 6. The largest absolute Gasteiger partial charge is 0.377 e. The van der Waals surface area contributed by atoms with Crippen LogP contribution in [0.5, 0.6) is 0 Å². The highest BCUT2D eigenvalue weighted by Crippen LogP contribution is 2.63. The first-order valence-corrected chi connectivity index (χ1v) is 12.4. The Balaban J connectivity index is 1.65. The molecule has 3 unspecified atom stereocenters. The predicted molar refractivity (Wildman–Crippen MR) is 116 cm³/mol. The molecule has 0 amide bonds. The van der Waals surface area contributed by atoms with E-state index in [9.17, 15) is 4.79 Å². The molecule has 0 radical (unpaired) electrons. The zero-order valence-electron chi connectivity index (χ0n) is 19.2. The maximum atomic E-state index is 12.4. The first-order chi connectivity index (χ1) is 15.4. The highest BCUT2D eigenvalue weighted by atomic mass is 16.6. The average Bonchev–Trinajstić information content (AvgIpc) is 3.31. The van der Waals surface area contributed by atoms with E-state index in [1.54, 1.807) is 0 Å². The third-order valence-electron chi connectivity index (χ3n) is 6.90. The highest BCUT2D eigenvalue weighted by molar-refractivity contribution is 5.74. The number of aldehydes is 1. The zero-order valence-corrected chi connectivity index (χ0v) is 19.2. The lowest BCUT2D eigenvalue weighted by Gasteiger charge is -2.23. The lowest BCUT2D eigenvalue weighted by Crippen LogP contribution is -2.35. The molecule has 3 rings (SSSR count). The Hall–Kier alpha value is -0.570. The molecule has 1 aliphatic heterocycles. The van der Waals surface area contributed by atoms with Gasteiger partial charge < -0.3 is 28.4 Å². The summed E-state index contributed by atoms with van der Waals surface area (Å²) in [4.78, 5) is 12.4. The van der Waals surface area contributed by atoms with Crippen LogP contribution in [0.25, 0.3) is 0 Å². The van der Waals surface area contributed by atoms with Crippen molar-refractivity contribution in [3.63, 3.8) is 0 Å². The fraction of sp³-hybridized carbons (Fsp3) is 0.958. The second kappa shape index (κ2) is 13.9. The molecule has 0 N–H and O–H groups in total. The molecule has 7 nitrogen and oxygen atoms in total. The molecule has 1 heterocycles. The van der Waals surface area contributed by atoms with E-state index in [4.69, 9.17) is 28.4 Å². The van der Waals surface area contributed by atoms with Crippen LogP contribution in [-0.2, 0) is 33.2 Å². The average molecular weight is 443 g/mol. The number of carbonyl (C=O) groups excluding carboxylic acids is 1. The quantitative estimate of drug-likeness (QED) is 0.577. The lowest BCUT2D eigenvalue weighted by molar-refractivity contribution is -0.136. The molecule has 0 aromatic rings. The summed E-state index contributed by atoms with van der Waals surface area (Å²) < 4.78 is 35.1. The highest BCUT2D eigenvalue weighted by Gasteiger charge is 2.78. The summed E-state index contributed by atoms with van der Waals surface area (Å²) in [7, 11) is 0. The Kier molecular flexibility index (Phi) is 11.2. The van der Waals surface area contributed by atoms with Crippen molar-refractivity contribution >= 4 is 6.29 Å². The summed E-state index contributed by atoms with van der Waals surface area (Å²) in [5, 5.41) is 0. The van der Waals surface area contributed by atoms with Gasteiger partial charge in [0.1, 0.15) is 5.60 Å². The van der Waals surface area contributed by atoms with Gasteiger partial charge in [0, 0.05) is 5.92 Å². The minimum Gasteiger partial charge on any atom is -0.377 e. The first-order valence-electron chi connectivity index (χ1n) is 12.4. The Morgan fingerprint density at radius 2 is 1.00 bits per heavy atom. The van der Waals surface area contributed by atoms with Crippen LogP contribution in [0.15, 0.2) is 0 Å². The molecule has 7 heteroatoms. The second-order valence-corrected chi connectivity index (χ2v) is 8.87. The van der Waals surface area contributed by atoms with Crippen LogP contribution in [0.1, 0.15) is 64.2 Å². The molecular weight excluding hydrogens is 400 g/mol. The van der Waals surface area contributed by atoms with Gasteiger partial charge in [-0.3, -0.25) is 4.79 Å². The van der Waals surface area contributed by atoms with E-state index in [1.165, 1.54) is 38.5 Å². The summed E-state index contributed by atoms with van der Waals surface area (Å²) in [5.74, 6) is 0.116. The molecule has 1 saturated heterocycles. The Morgan fingerprint density at radius 3 is 1.55 bits per heavy atom. The summed E-state index contributed by atoms with van der Waals surface area (Å²) in [6.07, 6.45) is 12.6. The zero-order chi connectivity index (χ0) is 21.7. The maximum absolute atomic E-state index is 12.4. The van der Waals surface area contributed by atoms with E-state index in [0.29, 0.717) is 66.1 Å². The van der Waals surface area contributed by atoms with Gasteiger partial charge in [-0.1, -0.05) is 51.4 Å². The third-order valence-corrected chi connectivity index (χ3v) is 6.90. The minimum absolute atomic E-state index is 0.116. The van der Waals surface area contributed by atoms with Crippen molar-refractivity contribution in [3.05, 3.63) is 0 Å². The molecule has 180 valence electrons. The van der Waals surface area contributed by atoms with E-state index < -0.39 is 11.2 Å². The van der Waals surface area contributed by atoms with Gasteiger partial charge in [-0.05, 0) is 12.8 Å². The van der Waals surface area contributed by atoms with Crippen LogP contribution in [-0.4, -0.2) is 83.6 Å². The maximum Gasteiger partial charge on any atom is 0.158 e. The standard InChI is InChI=1S/C24H42O7/c25-21-24-22-9-7-5-3-1-2-4-6-8-10-23(22,24)30-19-17-28-15-13-26-11-12-27-14-16-29-18-20-31-24/h21-22H,1-20H2. The van der Waals surface area contributed by atoms with Gasteiger partial charge >= 0.3 is 0 Å². The topological polar surface area (TPSA) is 72.5 Å². The van der Waals surface area contributed by atoms with Crippen LogP contribution in [0.4, 0.5) is 0 Å². The van der Waals surface area contributed by atoms with E-state index >= 15 is 0 Å². The summed E-state index contributed by atoms with van der Waals surface area (Å²) in [6.45, 7) is 4.98. The van der Waals surface area contributed by atoms with Gasteiger partial charge in [-0.2, -0.15) is 0 Å². The molecule has 3 aliphatic rings. The van der Waals surface area contributed by atoms with Gasteiger partial charge in [0.2, 0.25) is 0 Å². The Labute approximate surface area is 187 Å². The van der Waals surface area contributed by atoms with Gasteiger partial charge in [0.15, 0.2) is 11.9 Å². The number of hydrogen-bond donors (Lipinski definition) is 0. The van der Waals surface area contributed by atoms with Crippen LogP contribution >= 0.6 is 0 Å². The smallest absolute Gasteiger partial charge is 0.158 e. The number of fused-ring (bicyclic) bond motifs is 1. The van der Waals surface area contributed by atoms with E-state index in [0.717, 1.165) is 32.0 Å². The summed E-state index contributed by atoms with van der Waals surface area (Å²) in [5.41, 5.74) is -1.38. The molecule has 0 aromatic heterocycles. The monoisotopic (exact) mass is 442 g/mol. The summed E-state index contributed by atoms with van der Waals surface area (Å²) >= 11 is 0. The molecule has 3 atom stereocenters. The van der Waals surface area contributed by atoms with Crippen molar-refractivity contribution in [2.45, 2.75) is 75.4 Å². The fourth-order valence-corrected chi connectivity index (χ4v) is 5.24. The van der Waals surface area contributed by atoms with E-state index in [2.05, 4.69) is 0 Å². The van der Waals surface area contributed by atoms with Gasteiger partial charge in [-0.25, -0.2) is 0 Å². The number of carbonyl (C=O) groups is 1. The van der Waals surface area contributed by atoms with Crippen LogP contribution < -0.4 is 0 Å². The lowest BCUT2D eigenvalue weighted by atomic mass is 9.99. The molecule has 0 aromatic carbocycles. The molecular formula is C24H42O7. The van der Waals surface area contributed by atoms with Crippen LogP contribution in [0.3, 0.4) is 0 Å². The fourth-order valence-electron chi connectivity index (χ4n) is 5.24. The van der Waals surface area contributed by atoms with Crippen LogP contribution in [0.2, 0.25) is 0 Å². The normalized spacial score (nSPS) is 36.3. The van der Waals surface area contributed by atoms with Crippen molar-refractivity contribution in [2.75, 3.05) is 66.1 Å². The van der Waals surface area contributed by atoms with Crippen molar-refractivity contribution in [1.82, 2.24) is 0 Å². The third kappa shape index (κ3) is 6.95. The molecule has 31 heavy (non-hydrogen) atoms. The predicted octanol–water partition coefficient (Wildman–Crippen LogP) is 3.32. The molecule has 0 bridgehead atoms. The van der Waals surface area contributed by atoms with Gasteiger partial charge in [-0.15, -0.1) is 0 Å². The van der Waals surface area contributed by atoms with Gasteiger partial charge in [0.25, 0.3) is 0 Å². The molecule has 1 spiro atoms. The van der Waals surface area contributed by atoms with Crippen molar-refractivity contribution in [3.8, 4) is 0 Å². The Bertz CT molecular complexity index is 502. The second-order valence-electron chi connectivity index (χ2n) is 8.87. The van der Waals surface area contributed by atoms with E-state index in [1.807, 2.05) is 0 Å².